The van der Waals surface area contributed by atoms with E-state index in [0.717, 1.165) is 22.7 Å². The minimum absolute atomic E-state index is 0.193. The molecule has 0 fully saturated rings. The van der Waals surface area contributed by atoms with E-state index >= 15 is 4.57 Å². The van der Waals surface area contributed by atoms with E-state index in [4.69, 9.17) is 15.0 Å². The Kier molecular flexibility index (Phi) is 8.19. The van der Waals surface area contributed by atoms with Crippen LogP contribution < -0.4 is 26.0 Å². The summed E-state index contributed by atoms with van der Waals surface area (Å²) in [6.07, 6.45) is 0. The van der Waals surface area contributed by atoms with E-state index in [1.54, 1.807) is 0 Å². The Balaban J connectivity index is 1.56. The lowest BCUT2D eigenvalue weighted by atomic mass is 10.2. The van der Waals surface area contributed by atoms with Crippen LogP contribution >= 0.6 is 7.14 Å². The van der Waals surface area contributed by atoms with Crippen LogP contribution in [0.5, 0.6) is 0 Å². The molecule has 0 unspecified atom stereocenters. The summed E-state index contributed by atoms with van der Waals surface area (Å²) < 4.78 is 15.7. The third kappa shape index (κ3) is 5.70. The molecule has 0 spiro atoms. The Bertz CT molecular complexity index is 1840. The second-order valence-electron chi connectivity index (χ2n) is 10.5. The first-order valence-electron chi connectivity index (χ1n) is 15.0. The van der Waals surface area contributed by atoms with Crippen LogP contribution in [-0.2, 0) is 4.57 Å². The van der Waals surface area contributed by atoms with Crippen molar-refractivity contribution in [3.63, 3.8) is 0 Å². The molecule has 1 heterocycles. The largest absolute Gasteiger partial charge is 0.305 e. The number of nitrogens with zero attached hydrogens (tertiary/aromatic N) is 5. The number of para-hydroxylation sites is 4. The predicted octanol–water partition coefficient (Wildman–Crippen LogP) is 8.45. The number of rotatable bonds is 9. The molecule has 1 aromatic heterocycles. The van der Waals surface area contributed by atoms with Crippen LogP contribution in [-0.4, -0.2) is 15.0 Å². The Hall–Kier alpha value is -5.84. The van der Waals surface area contributed by atoms with Gasteiger partial charge in [-0.2, -0.15) is 15.0 Å². The van der Waals surface area contributed by atoms with E-state index in [1.165, 1.54) is 0 Å². The molecule has 222 valence electrons. The van der Waals surface area contributed by atoms with Gasteiger partial charge in [-0.1, -0.05) is 133 Å². The first kappa shape index (κ1) is 28.9. The second kappa shape index (κ2) is 13.0. The Morgan fingerprint density at radius 3 is 0.891 bits per heavy atom. The van der Waals surface area contributed by atoms with Gasteiger partial charge >= 0.3 is 0 Å². The SMILES string of the molecule is O=P(c1ccccc1)(c1ccccc1)c1nc(N(c2ccccc2)c2ccccc2)nc(N(c2ccccc2)c2ccccc2)n1. The van der Waals surface area contributed by atoms with Gasteiger partial charge in [0.25, 0.3) is 0 Å². The molecule has 0 bridgehead atoms. The molecule has 7 rings (SSSR count). The molecule has 6 aromatic carbocycles. The average Bonchev–Trinajstić information content (AvgIpc) is 3.14. The zero-order valence-corrected chi connectivity index (χ0v) is 25.8. The fraction of sp³-hybridized carbons (Fsp3) is 0. The highest BCUT2D eigenvalue weighted by Gasteiger charge is 2.35. The van der Waals surface area contributed by atoms with Crippen LogP contribution in [0.4, 0.5) is 34.6 Å². The summed E-state index contributed by atoms with van der Waals surface area (Å²) in [5.74, 6) is 0.697. The molecule has 0 saturated carbocycles. The molecule has 0 saturated heterocycles. The maximum absolute atomic E-state index is 15.7. The van der Waals surface area contributed by atoms with Gasteiger partial charge in [-0.15, -0.1) is 0 Å². The molecule has 7 heteroatoms. The Morgan fingerprint density at radius 2 is 0.609 bits per heavy atom. The standard InChI is InChI=1S/C39H30N5OP/c45-46(35-27-15-5-16-28-35,36-29-17-6-18-30-36)39-41-37(43(31-19-7-1-8-20-31)32-21-9-2-10-22-32)40-38(42-39)44(33-23-11-3-12-24-33)34-25-13-4-14-26-34/h1-30H. The predicted molar refractivity (Wildman–Crippen MR) is 189 cm³/mol. The van der Waals surface area contributed by atoms with E-state index in [2.05, 4.69) is 0 Å². The summed E-state index contributed by atoms with van der Waals surface area (Å²) in [6, 6.07) is 58.8. The van der Waals surface area contributed by atoms with Gasteiger partial charge in [0, 0.05) is 33.4 Å². The quantitative estimate of drug-likeness (QED) is 0.152. The zero-order chi connectivity index (χ0) is 31.2. The normalized spacial score (nSPS) is 11.1. The fourth-order valence-corrected chi connectivity index (χ4v) is 7.81. The molecule has 0 aliphatic heterocycles. The lowest BCUT2D eigenvalue weighted by Gasteiger charge is -2.28. The number of anilines is 6. The summed E-state index contributed by atoms with van der Waals surface area (Å²) in [4.78, 5) is 19.3. The number of hydrogen-bond donors (Lipinski definition) is 0. The van der Waals surface area contributed by atoms with Crippen LogP contribution in [0.25, 0.3) is 0 Å². The number of aromatic nitrogens is 3. The Morgan fingerprint density at radius 1 is 0.348 bits per heavy atom. The van der Waals surface area contributed by atoms with Crippen LogP contribution in [0.3, 0.4) is 0 Å². The minimum atomic E-state index is -3.59. The van der Waals surface area contributed by atoms with Crippen molar-refractivity contribution >= 4 is 58.0 Å². The minimum Gasteiger partial charge on any atom is -0.305 e. The monoisotopic (exact) mass is 615 g/mol. The van der Waals surface area contributed by atoms with E-state index in [1.807, 2.05) is 192 Å². The van der Waals surface area contributed by atoms with Crippen LogP contribution in [0.15, 0.2) is 182 Å². The van der Waals surface area contributed by atoms with Crippen molar-refractivity contribution in [3.8, 4) is 0 Å². The van der Waals surface area contributed by atoms with E-state index in [9.17, 15) is 0 Å². The highest BCUT2D eigenvalue weighted by Crippen LogP contribution is 2.43. The molecular formula is C39H30N5OP. The van der Waals surface area contributed by atoms with Crippen molar-refractivity contribution in [2.24, 2.45) is 0 Å². The van der Waals surface area contributed by atoms with Crippen LogP contribution in [0, 0.1) is 0 Å². The molecule has 0 atom stereocenters. The lowest BCUT2D eigenvalue weighted by Crippen LogP contribution is -2.32. The Labute approximate surface area is 268 Å². The van der Waals surface area contributed by atoms with Crippen molar-refractivity contribution in [1.29, 1.82) is 0 Å². The van der Waals surface area contributed by atoms with Gasteiger partial charge in [-0.25, -0.2) is 0 Å². The first-order chi connectivity index (χ1) is 22.7. The molecule has 0 amide bonds. The maximum atomic E-state index is 15.7. The topological polar surface area (TPSA) is 62.2 Å². The van der Waals surface area contributed by atoms with Crippen molar-refractivity contribution in [2.45, 2.75) is 0 Å². The summed E-state index contributed by atoms with van der Waals surface area (Å²) >= 11 is 0. The maximum Gasteiger partial charge on any atom is 0.240 e. The van der Waals surface area contributed by atoms with E-state index in [-0.39, 0.29) is 5.57 Å². The van der Waals surface area contributed by atoms with E-state index < -0.39 is 7.14 Å². The second-order valence-corrected chi connectivity index (χ2v) is 13.2. The summed E-state index contributed by atoms with van der Waals surface area (Å²) in [5, 5.41) is 1.28. The summed E-state index contributed by atoms with van der Waals surface area (Å²) in [6.45, 7) is 0. The molecule has 0 radical (unpaired) electrons. The molecule has 7 aromatic rings. The average molecular weight is 616 g/mol. The first-order valence-corrected chi connectivity index (χ1v) is 16.7. The highest BCUT2D eigenvalue weighted by atomic mass is 31.2. The molecule has 0 aliphatic rings. The van der Waals surface area contributed by atoms with Gasteiger partial charge in [0.1, 0.15) is 0 Å². The zero-order valence-electron chi connectivity index (χ0n) is 24.9. The molecular weight excluding hydrogens is 585 g/mol. The molecule has 46 heavy (non-hydrogen) atoms. The van der Waals surface area contributed by atoms with Gasteiger partial charge in [-0.05, 0) is 48.5 Å². The third-order valence-corrected chi connectivity index (χ3v) is 10.4. The van der Waals surface area contributed by atoms with Gasteiger partial charge in [-0.3, -0.25) is 9.80 Å². The number of benzene rings is 6. The van der Waals surface area contributed by atoms with Crippen molar-refractivity contribution < 1.29 is 4.57 Å². The van der Waals surface area contributed by atoms with Crippen LogP contribution in [0.1, 0.15) is 0 Å². The van der Waals surface area contributed by atoms with Crippen molar-refractivity contribution in [1.82, 2.24) is 15.0 Å². The molecule has 6 nitrogen and oxygen atoms in total. The smallest absolute Gasteiger partial charge is 0.240 e. The van der Waals surface area contributed by atoms with Crippen LogP contribution in [0.2, 0.25) is 0 Å². The molecule has 0 aliphatic carbocycles. The van der Waals surface area contributed by atoms with Crippen molar-refractivity contribution in [3.05, 3.63) is 182 Å². The summed E-state index contributed by atoms with van der Waals surface area (Å²) in [5.41, 5.74) is 3.63. The fourth-order valence-electron chi connectivity index (χ4n) is 5.41. The van der Waals surface area contributed by atoms with Gasteiger partial charge < -0.3 is 4.57 Å². The van der Waals surface area contributed by atoms with Gasteiger partial charge in [0.15, 0.2) is 0 Å². The van der Waals surface area contributed by atoms with Crippen molar-refractivity contribution in [2.75, 3.05) is 9.80 Å². The van der Waals surface area contributed by atoms with Gasteiger partial charge in [0.05, 0.1) is 0 Å². The van der Waals surface area contributed by atoms with Gasteiger partial charge in [0.2, 0.25) is 24.6 Å². The summed E-state index contributed by atoms with van der Waals surface area (Å²) in [7, 11) is -3.59. The van der Waals surface area contributed by atoms with E-state index in [0.29, 0.717) is 22.5 Å². The highest BCUT2D eigenvalue weighted by molar-refractivity contribution is 7.85. The molecule has 0 N–H and O–H groups in total. The third-order valence-electron chi connectivity index (χ3n) is 7.58. The lowest BCUT2D eigenvalue weighted by molar-refractivity contribution is 0.591. The number of hydrogen-bond acceptors (Lipinski definition) is 6.